The molecule has 4 N–H and O–H groups in total. The Bertz CT molecular complexity index is 1880. The van der Waals surface area contributed by atoms with Crippen LogP contribution in [0.15, 0.2) is 134 Å². The maximum atomic E-state index is 12.8. The molecular formula is C36H26N4O2. The van der Waals surface area contributed by atoms with Gasteiger partial charge in [0.15, 0.2) is 0 Å². The van der Waals surface area contributed by atoms with Crippen LogP contribution in [-0.4, -0.2) is 21.8 Å². The molecule has 0 aliphatic heterocycles. The Hall–Kier alpha value is -5.88. The fourth-order valence-electron chi connectivity index (χ4n) is 5.21. The van der Waals surface area contributed by atoms with Crippen LogP contribution in [0.3, 0.4) is 0 Å². The molecule has 0 aliphatic carbocycles. The highest BCUT2D eigenvalue weighted by atomic mass is 16.1. The summed E-state index contributed by atoms with van der Waals surface area (Å²) < 4.78 is 0. The first-order valence-corrected chi connectivity index (χ1v) is 13.4. The molecular weight excluding hydrogens is 520 g/mol. The number of carbonyl (C=O) groups excluding carboxylic acids is 2. The van der Waals surface area contributed by atoms with Crippen LogP contribution in [0.5, 0.6) is 0 Å². The monoisotopic (exact) mass is 546 g/mol. The van der Waals surface area contributed by atoms with Crippen molar-refractivity contribution in [3.8, 4) is 55.6 Å². The van der Waals surface area contributed by atoms with E-state index in [0.717, 1.165) is 55.6 Å². The smallest absolute Gasteiger partial charge is 0.249 e. The van der Waals surface area contributed by atoms with E-state index in [1.807, 2.05) is 78.9 Å². The molecule has 202 valence electrons. The van der Waals surface area contributed by atoms with Gasteiger partial charge in [-0.25, -0.2) is 0 Å². The minimum Gasteiger partial charge on any atom is -0.366 e. The zero-order valence-electron chi connectivity index (χ0n) is 22.6. The van der Waals surface area contributed by atoms with Gasteiger partial charge < -0.3 is 11.5 Å². The second-order valence-electron chi connectivity index (χ2n) is 9.84. The van der Waals surface area contributed by atoms with Gasteiger partial charge in [0.2, 0.25) is 11.8 Å². The van der Waals surface area contributed by atoms with E-state index in [-0.39, 0.29) is 0 Å². The van der Waals surface area contributed by atoms with Gasteiger partial charge in [0.05, 0.1) is 0 Å². The van der Waals surface area contributed by atoms with Crippen LogP contribution in [0.4, 0.5) is 0 Å². The minimum atomic E-state index is -0.520. The number of pyridine rings is 2. The predicted molar refractivity (Wildman–Crippen MR) is 166 cm³/mol. The number of rotatable bonds is 7. The summed E-state index contributed by atoms with van der Waals surface area (Å²) >= 11 is 0. The highest BCUT2D eigenvalue weighted by Gasteiger charge is 2.21. The van der Waals surface area contributed by atoms with E-state index in [1.165, 1.54) is 0 Å². The molecule has 0 unspecified atom stereocenters. The first-order valence-electron chi connectivity index (χ1n) is 13.4. The van der Waals surface area contributed by atoms with Gasteiger partial charge in [0.25, 0.3) is 0 Å². The lowest BCUT2D eigenvalue weighted by atomic mass is 9.83. The summed E-state index contributed by atoms with van der Waals surface area (Å²) in [5.41, 5.74) is 21.6. The maximum absolute atomic E-state index is 12.8. The van der Waals surface area contributed by atoms with Crippen molar-refractivity contribution < 1.29 is 9.59 Å². The van der Waals surface area contributed by atoms with Gasteiger partial charge in [0.1, 0.15) is 0 Å². The van der Waals surface area contributed by atoms with Crippen LogP contribution in [0.2, 0.25) is 0 Å². The van der Waals surface area contributed by atoms with Crippen molar-refractivity contribution in [2.45, 2.75) is 0 Å². The Labute approximate surface area is 243 Å². The van der Waals surface area contributed by atoms with Crippen molar-refractivity contribution in [3.63, 3.8) is 0 Å². The van der Waals surface area contributed by atoms with Gasteiger partial charge >= 0.3 is 0 Å². The molecule has 2 amide bonds. The summed E-state index contributed by atoms with van der Waals surface area (Å²) in [7, 11) is 0. The summed E-state index contributed by atoms with van der Waals surface area (Å²) in [5, 5.41) is 0. The normalized spacial score (nSPS) is 10.8. The van der Waals surface area contributed by atoms with E-state index >= 15 is 0 Å². The van der Waals surface area contributed by atoms with Gasteiger partial charge in [-0.05, 0) is 92.5 Å². The number of nitrogens with zero attached hydrogens (tertiary/aromatic N) is 2. The minimum absolute atomic E-state index is 0.414. The third kappa shape index (κ3) is 5.17. The Morgan fingerprint density at radius 1 is 0.405 bits per heavy atom. The number of hydrogen-bond donors (Lipinski definition) is 2. The van der Waals surface area contributed by atoms with Crippen LogP contribution < -0.4 is 11.5 Å². The van der Waals surface area contributed by atoms with E-state index in [0.29, 0.717) is 11.1 Å². The zero-order chi connectivity index (χ0) is 29.1. The quantitative estimate of drug-likeness (QED) is 0.224. The van der Waals surface area contributed by atoms with Crippen molar-refractivity contribution in [2.75, 3.05) is 0 Å². The highest BCUT2D eigenvalue weighted by molar-refractivity contribution is 6.07. The molecule has 0 spiro atoms. The molecule has 0 fully saturated rings. The van der Waals surface area contributed by atoms with Crippen LogP contribution in [-0.2, 0) is 0 Å². The number of benzene rings is 4. The lowest BCUT2D eigenvalue weighted by molar-refractivity contribution is 0.0992. The largest absolute Gasteiger partial charge is 0.366 e. The number of hydrogen-bond acceptors (Lipinski definition) is 4. The first-order chi connectivity index (χ1) is 20.5. The molecule has 0 aliphatic rings. The number of amides is 2. The van der Waals surface area contributed by atoms with Crippen molar-refractivity contribution in [3.05, 3.63) is 145 Å². The zero-order valence-corrected chi connectivity index (χ0v) is 22.6. The molecule has 6 heteroatoms. The maximum Gasteiger partial charge on any atom is 0.249 e. The number of aromatic nitrogens is 2. The third-order valence-electron chi connectivity index (χ3n) is 7.33. The molecule has 0 radical (unpaired) electrons. The Balaban J connectivity index is 1.57. The van der Waals surface area contributed by atoms with Gasteiger partial charge in [-0.2, -0.15) is 0 Å². The van der Waals surface area contributed by atoms with Gasteiger partial charge in [-0.3, -0.25) is 19.6 Å². The molecule has 0 saturated heterocycles. The van der Waals surface area contributed by atoms with Crippen LogP contribution in [0, 0.1) is 0 Å². The summed E-state index contributed by atoms with van der Waals surface area (Å²) in [4.78, 5) is 32.8. The lowest BCUT2D eigenvalue weighted by Gasteiger charge is -2.20. The van der Waals surface area contributed by atoms with E-state index in [9.17, 15) is 9.59 Å². The molecule has 0 saturated carbocycles. The second-order valence-corrected chi connectivity index (χ2v) is 9.84. The van der Waals surface area contributed by atoms with E-state index < -0.39 is 11.8 Å². The average molecular weight is 547 g/mol. The summed E-state index contributed by atoms with van der Waals surface area (Å²) in [6.45, 7) is 0. The van der Waals surface area contributed by atoms with Crippen molar-refractivity contribution in [1.29, 1.82) is 0 Å². The fourth-order valence-corrected chi connectivity index (χ4v) is 5.21. The van der Waals surface area contributed by atoms with Gasteiger partial charge in [-0.15, -0.1) is 0 Å². The second kappa shape index (κ2) is 11.3. The highest BCUT2D eigenvalue weighted by Crippen LogP contribution is 2.43. The summed E-state index contributed by atoms with van der Waals surface area (Å²) in [6.07, 6.45) is 7.05. The standard InChI is InChI=1S/C36H26N4O2/c37-35(41)30-11-5-27(6-12-30)31-13-14-32(36(38)42)34(29-9-3-24(4-10-29)26-17-21-40-22-18-26)33(31)28-7-1-23(2-8-28)25-15-19-39-20-16-25/h1-22H,(H2,37,41)(H2,38,42). The van der Waals surface area contributed by atoms with Crippen LogP contribution in [0.1, 0.15) is 20.7 Å². The molecule has 2 heterocycles. The Morgan fingerprint density at radius 3 is 1.26 bits per heavy atom. The molecule has 42 heavy (non-hydrogen) atoms. The van der Waals surface area contributed by atoms with E-state index in [1.54, 1.807) is 43.0 Å². The molecule has 6 rings (SSSR count). The third-order valence-corrected chi connectivity index (χ3v) is 7.33. The van der Waals surface area contributed by atoms with Gasteiger partial charge in [0, 0.05) is 41.5 Å². The average Bonchev–Trinajstić information content (AvgIpc) is 3.05. The number of carbonyl (C=O) groups is 2. The molecule has 6 nitrogen and oxygen atoms in total. The van der Waals surface area contributed by atoms with E-state index in [2.05, 4.69) is 22.1 Å². The van der Waals surface area contributed by atoms with Crippen LogP contribution in [0.25, 0.3) is 55.6 Å². The van der Waals surface area contributed by atoms with Gasteiger partial charge in [-0.1, -0.05) is 66.7 Å². The topological polar surface area (TPSA) is 112 Å². The molecule has 0 bridgehead atoms. The molecule has 0 atom stereocenters. The van der Waals surface area contributed by atoms with E-state index in [4.69, 9.17) is 11.5 Å². The lowest BCUT2D eigenvalue weighted by Crippen LogP contribution is -2.13. The molecule has 6 aromatic rings. The van der Waals surface area contributed by atoms with Crippen molar-refractivity contribution in [2.24, 2.45) is 11.5 Å². The van der Waals surface area contributed by atoms with Crippen molar-refractivity contribution >= 4 is 11.8 Å². The van der Waals surface area contributed by atoms with Crippen LogP contribution >= 0.6 is 0 Å². The summed E-state index contributed by atoms with van der Waals surface area (Å²) in [5.74, 6) is -1.01. The Morgan fingerprint density at radius 2 is 0.810 bits per heavy atom. The molecule has 4 aromatic carbocycles. The number of nitrogens with two attached hydrogens (primary N) is 2. The molecule has 2 aromatic heterocycles. The predicted octanol–water partition coefficient (Wildman–Crippen LogP) is 7.01. The first kappa shape index (κ1) is 26.3. The fraction of sp³-hybridized carbons (Fsp3) is 0. The SMILES string of the molecule is NC(=O)c1ccc(-c2ccc(C(N)=O)c(-c3ccc(-c4ccncc4)cc3)c2-c2ccc(-c3ccncc3)cc2)cc1. The number of primary amides is 2. The van der Waals surface area contributed by atoms with Crippen molar-refractivity contribution in [1.82, 2.24) is 9.97 Å². The Kier molecular flexibility index (Phi) is 7.10. The summed E-state index contributed by atoms with van der Waals surface area (Å²) in [6, 6.07) is 34.9.